The van der Waals surface area contributed by atoms with Crippen molar-refractivity contribution in [1.29, 1.82) is 1.45 Å². The average Bonchev–Trinajstić information content (AvgIpc) is 1.43. The number of pyridine rings is 4. The van der Waals surface area contributed by atoms with Gasteiger partial charge in [-0.2, -0.15) is 20.4 Å². The van der Waals surface area contributed by atoms with E-state index in [2.05, 4.69) is 103 Å². The predicted molar refractivity (Wildman–Crippen MR) is 547 cm³/mol. The number of ether oxygens (including phenoxy) is 3. The van der Waals surface area contributed by atoms with Gasteiger partial charge in [-0.3, -0.25) is 60.3 Å². The number of nitrogens with zero attached hydrogens (tertiary/aromatic N) is 22. The van der Waals surface area contributed by atoms with Gasteiger partial charge in [-0.05, 0) is 233 Å². The fourth-order valence-electron chi connectivity index (χ4n) is 16.8. The number of anilines is 4. The Hall–Kier alpha value is -15.3. The van der Waals surface area contributed by atoms with Crippen molar-refractivity contribution in [2.45, 2.75) is 186 Å². The number of hydrogen-bond donors (Lipinski definition) is 5. The number of carboxylic acid groups (broad SMARTS) is 1. The first kappa shape index (κ1) is 83.9. The van der Waals surface area contributed by atoms with Gasteiger partial charge in [-0.25, -0.2) is 79.7 Å². The summed E-state index contributed by atoms with van der Waals surface area (Å²) in [4.78, 5) is 142. The Labute approximate surface area is 881 Å². The van der Waals surface area contributed by atoms with Crippen LogP contribution >= 0.6 is 17.9 Å². The minimum atomic E-state index is -3.04. The summed E-state index contributed by atoms with van der Waals surface area (Å²) in [6, 6.07) is 14.1. The van der Waals surface area contributed by atoms with Crippen molar-refractivity contribution in [2.24, 2.45) is 23.2 Å². The number of aryl methyl sites for hydroxylation is 3. The molecule has 6 aliphatic rings. The van der Waals surface area contributed by atoms with Crippen molar-refractivity contribution >= 4 is 111 Å². The summed E-state index contributed by atoms with van der Waals surface area (Å²) in [5.41, 5.74) is 11.6. The summed E-state index contributed by atoms with van der Waals surface area (Å²) in [6.07, 6.45) is -1.86. The summed E-state index contributed by atoms with van der Waals surface area (Å²) in [5.74, 6) is 5.40. The number of carboxylic acids is 1. The monoisotopic (exact) mass is 2090 g/mol. The van der Waals surface area contributed by atoms with Gasteiger partial charge in [0.2, 0.25) is 0 Å². The van der Waals surface area contributed by atoms with E-state index >= 15 is 0 Å². The summed E-state index contributed by atoms with van der Waals surface area (Å²) in [6.45, 7) is 2.86. The Balaban J connectivity index is 0.000000183. The third-order valence-corrected chi connectivity index (χ3v) is 23.2. The molecule has 4 amide bonds. The van der Waals surface area contributed by atoms with Gasteiger partial charge >= 0.3 is 23.9 Å². The van der Waals surface area contributed by atoms with Crippen molar-refractivity contribution < 1.29 is 113 Å². The van der Waals surface area contributed by atoms with Crippen molar-refractivity contribution in [3.05, 3.63) is 284 Å². The normalized spacial score (nSPS) is 20.7. The van der Waals surface area contributed by atoms with E-state index in [0.29, 0.717) is 21.6 Å². The van der Waals surface area contributed by atoms with Crippen molar-refractivity contribution in [3.8, 4) is 11.8 Å². The van der Waals surface area contributed by atoms with Crippen molar-refractivity contribution in [1.82, 2.24) is 88.1 Å². The zero-order valence-corrected chi connectivity index (χ0v) is 82.5. The summed E-state index contributed by atoms with van der Waals surface area (Å²) >= 11 is 0. The molecule has 148 heavy (non-hydrogen) atoms. The van der Waals surface area contributed by atoms with Crippen molar-refractivity contribution in [2.75, 3.05) is 65.4 Å². The maximum Gasteiger partial charge on any atom is 0.343 e. The lowest BCUT2D eigenvalue weighted by Crippen LogP contribution is -2.38. The van der Waals surface area contributed by atoms with Crippen LogP contribution in [0.25, 0.3) is 22.6 Å². The Bertz CT molecular complexity index is 8280. The average molecular weight is 2090 g/mol. The van der Waals surface area contributed by atoms with E-state index in [1.165, 1.54) is 132 Å². The maximum absolute atomic E-state index is 14.9. The molecule has 2 aromatic carbocycles. The molecule has 4 saturated heterocycles. The van der Waals surface area contributed by atoms with Crippen LogP contribution in [0.4, 0.5) is 45.6 Å². The number of fused-ring (bicyclic) bond motifs is 6. The number of nitrogens with two attached hydrogens (primary N) is 4. The number of hydrazine groups is 1. The van der Waals surface area contributed by atoms with E-state index in [4.69, 9.17) is 57.8 Å². The number of aromatic carboxylic acids is 1. The molecule has 20 rings (SSSR count). The van der Waals surface area contributed by atoms with Gasteiger partial charge in [0.15, 0.2) is 22.6 Å². The lowest BCUT2D eigenvalue weighted by Gasteiger charge is -2.28. The number of carbonyl (C=O) groups is 8. The quantitative estimate of drug-likeness (QED) is 0.00491. The molecule has 4 fully saturated rings. The van der Waals surface area contributed by atoms with E-state index in [9.17, 15) is 61.0 Å². The van der Waals surface area contributed by atoms with Gasteiger partial charge in [0.05, 0.1) is 122 Å². The van der Waals surface area contributed by atoms with E-state index < -0.39 is 195 Å². The number of aromatic nitrogens is 16. The Morgan fingerprint density at radius 2 is 0.736 bits per heavy atom. The van der Waals surface area contributed by atoms with Crippen LogP contribution in [0.15, 0.2) is 171 Å². The number of carbonyl (C=O) groups excluding carboxylic acids is 7. The van der Waals surface area contributed by atoms with E-state index in [0.717, 1.165) is 54.1 Å². The van der Waals surface area contributed by atoms with E-state index in [1.807, 2.05) is 0 Å². The van der Waals surface area contributed by atoms with E-state index in [-0.39, 0.29) is 184 Å². The highest BCUT2D eigenvalue weighted by atomic mass is 32.0. The van der Waals surface area contributed by atoms with Gasteiger partial charge in [0, 0.05) is 119 Å². The van der Waals surface area contributed by atoms with Crippen LogP contribution in [0, 0.1) is 35.1 Å². The molecule has 0 radical (unpaired) electrons. The van der Waals surface area contributed by atoms with Crippen LogP contribution in [0.3, 0.4) is 0 Å². The number of imide groups is 2. The second kappa shape index (κ2) is 49.8. The highest BCUT2D eigenvalue weighted by Crippen LogP contribution is 2.43. The summed E-state index contributed by atoms with van der Waals surface area (Å²) in [7, 11) is 4.67. The van der Waals surface area contributed by atoms with Crippen LogP contribution in [0.2, 0.25) is 0 Å². The molecule has 0 aliphatic carbocycles. The first-order valence-electron chi connectivity index (χ1n) is 56.1. The topological polar surface area (TPSA) is 512 Å². The van der Waals surface area contributed by atoms with Gasteiger partial charge in [-0.1, -0.05) is 30.2 Å². The second-order valence-electron chi connectivity index (χ2n) is 32.7. The highest BCUT2D eigenvalue weighted by molar-refractivity contribution is 7.92. The van der Waals surface area contributed by atoms with Gasteiger partial charge in [-0.15, -0.1) is 17.9 Å². The molecular formula is C102H115F5N26O13P2. The first-order chi connectivity index (χ1) is 79.1. The zero-order chi connectivity index (χ0) is 124. The largest absolute Gasteiger partial charge is 0.477 e. The van der Waals surface area contributed by atoms with Gasteiger partial charge in [0.1, 0.15) is 74.5 Å². The van der Waals surface area contributed by atoms with Crippen LogP contribution < -0.4 is 42.8 Å². The molecule has 0 bridgehead atoms. The molecule has 6 aliphatic heterocycles. The smallest absolute Gasteiger partial charge is 0.343 e. The molecule has 18 heterocycles. The molecular weight excluding hydrogens is 1950 g/mol. The molecule has 776 valence electrons. The number of hydrogen-bond acceptors (Lipinski definition) is 31. The number of rotatable bonds is 26. The summed E-state index contributed by atoms with van der Waals surface area (Å²) in [5, 5.41) is 25.7. The first-order valence-corrected chi connectivity index (χ1v) is 48.3. The molecule has 6 unspecified atom stereocenters. The van der Waals surface area contributed by atoms with Crippen LogP contribution in [-0.4, -0.2) is 218 Å². The van der Waals surface area contributed by atoms with Gasteiger partial charge in [0.25, 0.3) is 25.1 Å². The molecule has 0 saturated carbocycles. The predicted octanol–water partition coefficient (Wildman–Crippen LogP) is 12.7. The zero-order valence-electron chi connectivity index (χ0n) is 101. The number of esters is 3. The maximum atomic E-state index is 14.9. The number of halogens is 5. The Morgan fingerprint density at radius 3 is 1.05 bits per heavy atom. The van der Waals surface area contributed by atoms with Crippen LogP contribution in [-0.2, 0) is 33.3 Å². The molecule has 0 spiro atoms. The number of benzene rings is 2. The second-order valence-corrected chi connectivity index (χ2v) is 32.7. The standard InChI is InChI=1S/C30H29FN6O4.C30H25FN6O4.C22H27FN6O2.C20H23FN6O2.FH.H4N2.H2O.H4P2/c2*1-3-41-30(40)23-17-33-36-14-12-26(34-27(23)36)35-13-6-9-25(35)22-15-19(31)16-32-24(22)11-10-18(2)37-28(38)20-7-4-5-8-21(20)29(37)39;1-3-31-22(30)17-13-26-29-10-8-20(27-21(17)29)28-9-4-5-19(28)16-11-15(23)12-25-18(16)7-6-14(2)24;1-12(22)4-5-16-14(9-13(21)10-23-16)17-3-2-7-26(17)18-6-8-27-19(25-18)15(11-24-27)20(28)29;;1-2;;1-2/h4-5,7-8,12,14-18,25H,3,6,9-11,13H2,1-2H3;4-5,7-8,12,14-18,25H,3,6,9,13H2,1-2H3;8,10-14,19H,3-7,9,24H2,1-2H3;6,8-12,17H,2-5,7,22H2,1H3,(H,28,29);1H;1-2H2;1H2;1-2H2/t2*18-,25?;14-,19?;12-,17?;;;;/m1111..../s1/i10D2,11D2,13D2;13D2;6D2,7D2,9D2;4D2,5D2,7D2;;;;/hD. The SMILES string of the molecule is NN.O.PP.[2H]C1([2H])CCC(c2cc(F)cnc2C#C[C@@H](C)N2C(=O)c3ccccc3C2=O)N1c1ccn2ncc(C(=O)OCC)c2n1.[2H]C1([2H])CCC(c2cc(F)cnc2C([2H])([2H])C([2H])([2H])[C@@H](C)N)N1c1ccn2ncc(C(=O)O)c2n1.[2H]C1([2H])CCC(c2cc(F)cnc2C([2H])([2H])C([2H])([2H])[C@@H](C)N)N1c1ccn2ncc(C(=O)OCC)c2n1.[2H]C1([2H])CCC(c2cc(F)cnc2C([2H])([2H])C([2H])([2H])[C@@H](C)N2C(=O)c3ccccc3C2=O)N1c1ccn2ncc(C(=O)OCC)c2n1.[2H]F. The molecule has 10 atom stereocenters. The highest BCUT2D eigenvalue weighted by Gasteiger charge is 2.42. The van der Waals surface area contributed by atoms with Crippen LogP contribution in [0.1, 0.15) is 298 Å². The third kappa shape index (κ3) is 23.9. The molecule has 11 N–H and O–H groups in total. The minimum Gasteiger partial charge on any atom is -0.477 e. The third-order valence-electron chi connectivity index (χ3n) is 23.2. The molecule has 46 heteroatoms. The lowest BCUT2D eigenvalue weighted by molar-refractivity contribution is 0.0518. The fourth-order valence-corrected chi connectivity index (χ4v) is 16.8. The van der Waals surface area contributed by atoms with E-state index in [1.54, 1.807) is 76.4 Å². The lowest BCUT2D eigenvalue weighted by atomic mass is 9.98. The molecule has 14 aromatic rings. The molecule has 39 nitrogen and oxygen atoms in total. The fraction of sp³-hybridized carbons (Fsp3) is 0.353. The minimum absolute atomic E-state index is 0. The Morgan fingerprint density at radius 1 is 0.453 bits per heavy atom. The van der Waals surface area contributed by atoms with Crippen LogP contribution in [0.5, 0.6) is 0 Å². The van der Waals surface area contributed by atoms with Gasteiger partial charge < -0.3 is 55.9 Å². The van der Waals surface area contributed by atoms with Crippen molar-refractivity contribution in [3.63, 3.8) is 0 Å². The number of amides is 4. The Kier molecular flexibility index (Phi) is 28.2. The summed E-state index contributed by atoms with van der Waals surface area (Å²) < 4.78 is 265. The molecule has 12 aromatic heterocycles.